The summed E-state index contributed by atoms with van der Waals surface area (Å²) in [6.45, 7) is 4.07. The predicted octanol–water partition coefficient (Wildman–Crippen LogP) is 2.72. The topological polar surface area (TPSA) is 90.7 Å². The monoisotopic (exact) mass is 315 g/mol. The van der Waals surface area contributed by atoms with E-state index in [-0.39, 0.29) is 11.8 Å². The van der Waals surface area contributed by atoms with Crippen molar-refractivity contribution in [1.82, 2.24) is 15.0 Å². The molecule has 4 N–H and O–H groups in total. The van der Waals surface area contributed by atoms with Crippen molar-refractivity contribution in [2.45, 2.75) is 13.8 Å². The van der Waals surface area contributed by atoms with Crippen LogP contribution in [-0.4, -0.2) is 15.0 Å². The number of hydrogen-bond acceptors (Lipinski definition) is 5. The molecule has 0 saturated heterocycles. The lowest BCUT2D eigenvalue weighted by atomic mass is 10.0. The van der Waals surface area contributed by atoms with Crippen LogP contribution in [0.5, 0.6) is 0 Å². The van der Waals surface area contributed by atoms with Gasteiger partial charge in [0.15, 0.2) is 0 Å². The van der Waals surface area contributed by atoms with Crippen LogP contribution in [0.4, 0.5) is 11.8 Å². The molecule has 2 aromatic heterocycles. The second-order valence-electron chi connectivity index (χ2n) is 5.56. The molecule has 24 heavy (non-hydrogen) atoms. The van der Waals surface area contributed by atoms with E-state index in [1.807, 2.05) is 38.1 Å². The summed E-state index contributed by atoms with van der Waals surface area (Å²) in [6.07, 6.45) is 3.39. The maximum absolute atomic E-state index is 6.05. The van der Waals surface area contributed by atoms with Gasteiger partial charge in [-0.05, 0) is 38.1 Å². The Morgan fingerprint density at radius 3 is 2.38 bits per heavy atom. The number of hydrogen-bond donors (Lipinski definition) is 2. The third kappa shape index (κ3) is 3.33. The highest BCUT2D eigenvalue weighted by Crippen LogP contribution is 2.27. The van der Waals surface area contributed by atoms with Gasteiger partial charge in [0.1, 0.15) is 5.82 Å². The largest absolute Gasteiger partial charge is 0.382 e. The number of nitrogens with two attached hydrogens (primary N) is 2. The lowest BCUT2D eigenvalue weighted by Crippen LogP contribution is -2.05. The molecule has 0 bridgehead atoms. The van der Waals surface area contributed by atoms with Crippen molar-refractivity contribution >= 4 is 11.8 Å². The molecular formula is C19H17N5. The van der Waals surface area contributed by atoms with E-state index < -0.39 is 0 Å². The van der Waals surface area contributed by atoms with Gasteiger partial charge in [0.05, 0.1) is 11.3 Å². The van der Waals surface area contributed by atoms with E-state index in [9.17, 15) is 0 Å². The third-order valence-corrected chi connectivity index (χ3v) is 3.44. The number of pyridine rings is 1. The zero-order valence-electron chi connectivity index (χ0n) is 13.5. The molecule has 0 aliphatic rings. The predicted molar refractivity (Wildman–Crippen MR) is 96.0 cm³/mol. The van der Waals surface area contributed by atoms with E-state index in [0.29, 0.717) is 11.3 Å². The summed E-state index contributed by atoms with van der Waals surface area (Å²) in [5.74, 6) is 6.52. The molecule has 0 spiro atoms. The van der Waals surface area contributed by atoms with Crippen LogP contribution in [0, 0.1) is 25.7 Å². The van der Waals surface area contributed by atoms with Gasteiger partial charge in [-0.2, -0.15) is 4.98 Å². The standard InChI is InChI=1S/C19H17N5/c1-12-8-13(2)10-15(9-12)17-16(18(20)24-19(21)23-17)6-5-14-4-3-7-22-11-14/h3-4,7-11H,1-2H3,(H4,20,21,23,24). The molecule has 5 nitrogen and oxygen atoms in total. The summed E-state index contributed by atoms with van der Waals surface area (Å²) in [6, 6.07) is 9.87. The summed E-state index contributed by atoms with van der Waals surface area (Å²) >= 11 is 0. The number of anilines is 2. The van der Waals surface area contributed by atoms with Gasteiger partial charge >= 0.3 is 0 Å². The highest BCUT2D eigenvalue weighted by atomic mass is 15.0. The molecule has 0 aliphatic heterocycles. The van der Waals surface area contributed by atoms with Crippen molar-refractivity contribution < 1.29 is 0 Å². The van der Waals surface area contributed by atoms with Crippen LogP contribution in [0.25, 0.3) is 11.3 Å². The first-order valence-corrected chi connectivity index (χ1v) is 7.46. The number of nitrogens with zero attached hydrogens (tertiary/aromatic N) is 3. The number of aromatic nitrogens is 3. The van der Waals surface area contributed by atoms with Crippen molar-refractivity contribution in [3.8, 4) is 23.1 Å². The smallest absolute Gasteiger partial charge is 0.222 e. The van der Waals surface area contributed by atoms with Gasteiger partial charge in [0.2, 0.25) is 5.95 Å². The second kappa shape index (κ2) is 6.39. The molecule has 5 heteroatoms. The normalized spacial score (nSPS) is 10.1. The molecule has 0 atom stereocenters. The molecule has 2 heterocycles. The van der Waals surface area contributed by atoms with E-state index in [0.717, 1.165) is 22.3 Å². The molecule has 0 amide bonds. The molecule has 0 fully saturated rings. The Balaban J connectivity index is 2.18. The van der Waals surface area contributed by atoms with Gasteiger partial charge in [0.25, 0.3) is 0 Å². The summed E-state index contributed by atoms with van der Waals surface area (Å²) in [7, 11) is 0. The lowest BCUT2D eigenvalue weighted by Gasteiger charge is -2.09. The first-order chi connectivity index (χ1) is 11.5. The van der Waals surface area contributed by atoms with E-state index in [1.54, 1.807) is 12.4 Å². The average Bonchev–Trinajstić information content (AvgIpc) is 2.53. The summed E-state index contributed by atoms with van der Waals surface area (Å²) < 4.78 is 0. The quantitative estimate of drug-likeness (QED) is 0.674. The van der Waals surface area contributed by atoms with Crippen LogP contribution in [0.1, 0.15) is 22.3 Å². The van der Waals surface area contributed by atoms with Gasteiger partial charge in [-0.15, -0.1) is 0 Å². The van der Waals surface area contributed by atoms with Gasteiger partial charge < -0.3 is 11.5 Å². The molecule has 1 aromatic carbocycles. The second-order valence-corrected chi connectivity index (χ2v) is 5.56. The zero-order chi connectivity index (χ0) is 17.1. The Labute approximate surface area is 140 Å². The Bertz CT molecular complexity index is 932. The Morgan fingerprint density at radius 1 is 0.958 bits per heavy atom. The van der Waals surface area contributed by atoms with E-state index in [2.05, 4.69) is 32.9 Å². The molecule has 3 aromatic rings. The number of rotatable bonds is 1. The van der Waals surface area contributed by atoms with Crippen molar-refractivity contribution in [1.29, 1.82) is 0 Å². The molecule has 0 aliphatic carbocycles. The molecule has 0 radical (unpaired) electrons. The van der Waals surface area contributed by atoms with E-state index in [4.69, 9.17) is 11.5 Å². The highest BCUT2D eigenvalue weighted by molar-refractivity contribution is 5.75. The Morgan fingerprint density at radius 2 is 1.71 bits per heavy atom. The molecule has 118 valence electrons. The minimum Gasteiger partial charge on any atom is -0.382 e. The number of nitrogen functional groups attached to an aromatic ring is 2. The van der Waals surface area contributed by atoms with Crippen molar-refractivity contribution in [2.24, 2.45) is 0 Å². The maximum atomic E-state index is 6.05. The zero-order valence-corrected chi connectivity index (χ0v) is 13.5. The van der Waals surface area contributed by atoms with Crippen LogP contribution in [-0.2, 0) is 0 Å². The summed E-state index contributed by atoms with van der Waals surface area (Å²) in [5, 5.41) is 0. The first-order valence-electron chi connectivity index (χ1n) is 7.46. The van der Waals surface area contributed by atoms with Gasteiger partial charge in [-0.25, -0.2) is 4.98 Å². The van der Waals surface area contributed by atoms with Crippen molar-refractivity contribution in [2.75, 3.05) is 11.5 Å². The third-order valence-electron chi connectivity index (χ3n) is 3.44. The lowest BCUT2D eigenvalue weighted by molar-refractivity contribution is 1.18. The van der Waals surface area contributed by atoms with Crippen molar-refractivity contribution in [3.05, 3.63) is 65.0 Å². The van der Waals surface area contributed by atoms with Crippen LogP contribution < -0.4 is 11.5 Å². The van der Waals surface area contributed by atoms with Gasteiger partial charge in [-0.3, -0.25) is 4.98 Å². The molecular weight excluding hydrogens is 298 g/mol. The van der Waals surface area contributed by atoms with Crippen molar-refractivity contribution in [3.63, 3.8) is 0 Å². The number of benzene rings is 1. The molecule has 0 saturated carbocycles. The fourth-order valence-electron chi connectivity index (χ4n) is 2.51. The Hall–Kier alpha value is -3.39. The fraction of sp³-hybridized carbons (Fsp3) is 0.105. The minimum absolute atomic E-state index is 0.133. The first kappa shape index (κ1) is 15.5. The summed E-state index contributed by atoms with van der Waals surface area (Å²) in [4.78, 5) is 12.5. The maximum Gasteiger partial charge on any atom is 0.222 e. The Kier molecular flexibility index (Phi) is 4.13. The minimum atomic E-state index is 0.133. The average molecular weight is 315 g/mol. The van der Waals surface area contributed by atoms with Crippen LogP contribution in [0.15, 0.2) is 42.7 Å². The fourth-order valence-corrected chi connectivity index (χ4v) is 2.51. The number of aryl methyl sites for hydroxylation is 2. The van der Waals surface area contributed by atoms with Crippen LogP contribution >= 0.6 is 0 Å². The summed E-state index contributed by atoms with van der Waals surface area (Å²) in [5.41, 5.74) is 17.0. The molecule has 3 rings (SSSR count). The highest BCUT2D eigenvalue weighted by Gasteiger charge is 2.12. The molecule has 0 unspecified atom stereocenters. The van der Waals surface area contributed by atoms with Crippen LogP contribution in [0.3, 0.4) is 0 Å². The van der Waals surface area contributed by atoms with Gasteiger partial charge in [-0.1, -0.05) is 29.0 Å². The SMILES string of the molecule is Cc1cc(C)cc(-c2nc(N)nc(N)c2C#Cc2cccnc2)c1. The van der Waals surface area contributed by atoms with Crippen LogP contribution in [0.2, 0.25) is 0 Å². The van der Waals surface area contributed by atoms with E-state index in [1.165, 1.54) is 0 Å². The van der Waals surface area contributed by atoms with E-state index >= 15 is 0 Å². The van der Waals surface area contributed by atoms with Gasteiger partial charge in [0, 0.05) is 23.5 Å².